The number of carbonyl (C=O) groups is 1. The fraction of sp³-hybridized carbons (Fsp3) is 0.158. The second kappa shape index (κ2) is 8.14. The van der Waals surface area contributed by atoms with Crippen LogP contribution in [0.15, 0.2) is 60.0 Å². The lowest BCUT2D eigenvalue weighted by Gasteiger charge is -2.13. The normalized spacial score (nSPS) is 11.8. The molecule has 25 heavy (non-hydrogen) atoms. The van der Waals surface area contributed by atoms with Gasteiger partial charge < -0.3 is 9.47 Å². The number of rotatable bonds is 6. The third-order valence-corrected chi connectivity index (χ3v) is 4.59. The van der Waals surface area contributed by atoms with Crippen molar-refractivity contribution in [3.63, 3.8) is 0 Å². The van der Waals surface area contributed by atoms with E-state index < -0.39 is 12.1 Å². The molecule has 0 aliphatic heterocycles. The Kier molecular flexibility index (Phi) is 5.68. The standard InChI is InChI=1S/C19H16ClNO3S/c1-13(24-17-5-3-2-4-6-17)19(22)23-11-16-12-25-18(21-16)14-7-9-15(20)10-8-14/h2-10,12-13H,11H2,1H3/t13-/m0/s1. The van der Waals surface area contributed by atoms with Gasteiger partial charge in [0.15, 0.2) is 6.10 Å². The monoisotopic (exact) mass is 373 g/mol. The van der Waals surface area contributed by atoms with E-state index in [1.54, 1.807) is 19.1 Å². The number of hydrogen-bond acceptors (Lipinski definition) is 5. The Morgan fingerprint density at radius 1 is 1.16 bits per heavy atom. The fourth-order valence-corrected chi connectivity index (χ4v) is 3.05. The molecule has 0 N–H and O–H groups in total. The van der Waals surface area contributed by atoms with Crippen LogP contribution in [0.4, 0.5) is 0 Å². The number of nitrogens with zero attached hydrogens (tertiary/aromatic N) is 1. The minimum absolute atomic E-state index is 0.116. The maximum atomic E-state index is 12.0. The van der Waals surface area contributed by atoms with Crippen LogP contribution in [-0.4, -0.2) is 17.1 Å². The average molecular weight is 374 g/mol. The Labute approximate surface area is 155 Å². The lowest BCUT2D eigenvalue weighted by atomic mass is 10.2. The first-order valence-electron chi connectivity index (χ1n) is 7.70. The lowest BCUT2D eigenvalue weighted by Crippen LogP contribution is -2.26. The van der Waals surface area contributed by atoms with Gasteiger partial charge in [0.05, 0.1) is 5.69 Å². The second-order valence-corrected chi connectivity index (χ2v) is 6.63. The molecule has 4 nitrogen and oxygen atoms in total. The smallest absolute Gasteiger partial charge is 0.347 e. The Hall–Kier alpha value is -2.37. The zero-order valence-electron chi connectivity index (χ0n) is 13.5. The molecule has 6 heteroatoms. The number of benzene rings is 2. The molecule has 0 aliphatic rings. The molecule has 0 unspecified atom stereocenters. The van der Waals surface area contributed by atoms with Crippen LogP contribution in [0, 0.1) is 0 Å². The summed E-state index contributed by atoms with van der Waals surface area (Å²) in [5.74, 6) is 0.204. The quantitative estimate of drug-likeness (QED) is 0.572. The number of thiazole rings is 1. The Morgan fingerprint density at radius 2 is 1.88 bits per heavy atom. The van der Waals surface area contributed by atoms with Gasteiger partial charge >= 0.3 is 5.97 Å². The van der Waals surface area contributed by atoms with Crippen LogP contribution in [0.2, 0.25) is 5.02 Å². The van der Waals surface area contributed by atoms with Gasteiger partial charge in [-0.25, -0.2) is 9.78 Å². The van der Waals surface area contributed by atoms with Gasteiger partial charge in [-0.1, -0.05) is 41.9 Å². The number of esters is 1. The minimum atomic E-state index is -0.684. The van der Waals surface area contributed by atoms with Gasteiger partial charge in [-0.05, 0) is 31.2 Å². The van der Waals surface area contributed by atoms with Gasteiger partial charge in [0.1, 0.15) is 17.4 Å². The molecule has 0 radical (unpaired) electrons. The second-order valence-electron chi connectivity index (χ2n) is 5.33. The highest BCUT2D eigenvalue weighted by Crippen LogP contribution is 2.25. The largest absolute Gasteiger partial charge is 0.479 e. The van der Waals surface area contributed by atoms with E-state index >= 15 is 0 Å². The van der Waals surface area contributed by atoms with Crippen LogP contribution in [0.1, 0.15) is 12.6 Å². The summed E-state index contributed by atoms with van der Waals surface area (Å²) in [6.07, 6.45) is -0.684. The van der Waals surface area contributed by atoms with Crippen molar-refractivity contribution in [1.82, 2.24) is 4.98 Å². The first kappa shape index (κ1) is 17.5. The molecule has 0 saturated carbocycles. The van der Waals surface area contributed by atoms with Crippen LogP contribution in [0.25, 0.3) is 10.6 Å². The van der Waals surface area contributed by atoms with Crippen molar-refractivity contribution >= 4 is 28.9 Å². The number of halogens is 1. The summed E-state index contributed by atoms with van der Waals surface area (Å²) in [6, 6.07) is 16.6. The van der Waals surface area contributed by atoms with Gasteiger partial charge in [0.25, 0.3) is 0 Å². The van der Waals surface area contributed by atoms with E-state index in [1.165, 1.54) is 11.3 Å². The number of para-hydroxylation sites is 1. The predicted molar refractivity (Wildman–Crippen MR) is 98.9 cm³/mol. The number of carbonyl (C=O) groups excluding carboxylic acids is 1. The van der Waals surface area contributed by atoms with E-state index in [4.69, 9.17) is 21.1 Å². The first-order valence-corrected chi connectivity index (χ1v) is 8.96. The Morgan fingerprint density at radius 3 is 2.60 bits per heavy atom. The van der Waals surface area contributed by atoms with E-state index in [9.17, 15) is 4.79 Å². The molecular formula is C19H16ClNO3S. The zero-order valence-corrected chi connectivity index (χ0v) is 15.1. The highest BCUT2D eigenvalue weighted by molar-refractivity contribution is 7.13. The van der Waals surface area contributed by atoms with Crippen molar-refractivity contribution in [2.24, 2.45) is 0 Å². The molecule has 0 aliphatic carbocycles. The van der Waals surface area contributed by atoms with Crippen LogP contribution in [0.5, 0.6) is 5.75 Å². The van der Waals surface area contributed by atoms with Gasteiger partial charge in [0.2, 0.25) is 0 Å². The number of aromatic nitrogens is 1. The Balaban J connectivity index is 1.54. The van der Waals surface area contributed by atoms with E-state index in [2.05, 4.69) is 4.98 Å². The minimum Gasteiger partial charge on any atom is -0.479 e. The highest BCUT2D eigenvalue weighted by Gasteiger charge is 2.17. The summed E-state index contributed by atoms with van der Waals surface area (Å²) in [6.45, 7) is 1.78. The topological polar surface area (TPSA) is 48.4 Å². The number of hydrogen-bond donors (Lipinski definition) is 0. The molecule has 0 bridgehead atoms. The maximum absolute atomic E-state index is 12.0. The number of ether oxygens (including phenoxy) is 2. The molecule has 0 saturated heterocycles. The van der Waals surface area contributed by atoms with Crippen LogP contribution < -0.4 is 4.74 Å². The summed E-state index contributed by atoms with van der Waals surface area (Å²) in [7, 11) is 0. The third-order valence-electron chi connectivity index (χ3n) is 3.39. The van der Waals surface area contributed by atoms with Gasteiger partial charge in [0, 0.05) is 16.0 Å². The first-order chi connectivity index (χ1) is 12.1. The Bertz CT molecular complexity index is 833. The molecule has 1 atom stereocenters. The lowest BCUT2D eigenvalue weighted by molar-refractivity contribution is -0.152. The van der Waals surface area contributed by atoms with E-state index in [0.717, 1.165) is 10.6 Å². The van der Waals surface area contributed by atoms with Crippen molar-refractivity contribution < 1.29 is 14.3 Å². The van der Waals surface area contributed by atoms with Gasteiger partial charge in [-0.2, -0.15) is 0 Å². The van der Waals surface area contributed by atoms with Crippen LogP contribution >= 0.6 is 22.9 Å². The SMILES string of the molecule is C[C@H](Oc1ccccc1)C(=O)OCc1csc(-c2ccc(Cl)cc2)n1. The molecule has 0 fully saturated rings. The van der Waals surface area contributed by atoms with Crippen molar-refractivity contribution in [3.8, 4) is 16.3 Å². The van der Waals surface area contributed by atoms with Crippen molar-refractivity contribution in [1.29, 1.82) is 0 Å². The molecule has 0 spiro atoms. The van der Waals surface area contributed by atoms with Gasteiger partial charge in [-0.3, -0.25) is 0 Å². The predicted octanol–water partition coefficient (Wildman–Crippen LogP) is 4.97. The molecule has 0 amide bonds. The van der Waals surface area contributed by atoms with Crippen LogP contribution in [0.3, 0.4) is 0 Å². The summed E-state index contributed by atoms with van der Waals surface area (Å²) in [4.78, 5) is 16.5. The van der Waals surface area contributed by atoms with Crippen LogP contribution in [-0.2, 0) is 16.1 Å². The molecule has 1 heterocycles. The fourth-order valence-electron chi connectivity index (χ4n) is 2.11. The van der Waals surface area contributed by atoms with Crippen molar-refractivity contribution in [3.05, 3.63) is 70.7 Å². The third kappa shape index (κ3) is 4.81. The van der Waals surface area contributed by atoms with Gasteiger partial charge in [-0.15, -0.1) is 11.3 Å². The maximum Gasteiger partial charge on any atom is 0.347 e. The summed E-state index contributed by atoms with van der Waals surface area (Å²) in [5.41, 5.74) is 1.68. The van der Waals surface area contributed by atoms with E-state index in [-0.39, 0.29) is 6.61 Å². The summed E-state index contributed by atoms with van der Waals surface area (Å²) in [5, 5.41) is 3.41. The molecule has 2 aromatic carbocycles. The molecule has 128 valence electrons. The zero-order chi connectivity index (χ0) is 17.6. The molecule has 3 rings (SSSR count). The van der Waals surface area contributed by atoms with E-state index in [1.807, 2.05) is 47.8 Å². The summed E-state index contributed by atoms with van der Waals surface area (Å²) < 4.78 is 10.8. The molecule has 3 aromatic rings. The molecule has 1 aromatic heterocycles. The average Bonchev–Trinajstić information content (AvgIpc) is 3.10. The van der Waals surface area contributed by atoms with E-state index in [0.29, 0.717) is 16.5 Å². The molecular weight excluding hydrogens is 358 g/mol. The highest BCUT2D eigenvalue weighted by atomic mass is 35.5. The summed E-state index contributed by atoms with van der Waals surface area (Å²) >= 11 is 7.38. The van der Waals surface area contributed by atoms with Crippen molar-refractivity contribution in [2.45, 2.75) is 19.6 Å². The van der Waals surface area contributed by atoms with Crippen molar-refractivity contribution in [2.75, 3.05) is 0 Å².